The van der Waals surface area contributed by atoms with Gasteiger partial charge in [-0.2, -0.15) is 0 Å². The maximum absolute atomic E-state index is 5.81. The largest absolute Gasteiger partial charge is 0.383 e. The van der Waals surface area contributed by atoms with Gasteiger partial charge in [0.1, 0.15) is 12.2 Å². The lowest BCUT2D eigenvalue weighted by Gasteiger charge is -2.15. The number of amidine groups is 1. The Bertz CT molecular complexity index is 345. The fraction of sp³-hybridized carbons (Fsp3) is 0.400. The van der Waals surface area contributed by atoms with Crippen molar-refractivity contribution in [3.05, 3.63) is 23.3 Å². The summed E-state index contributed by atoms with van der Waals surface area (Å²) in [7, 11) is 0. The van der Waals surface area contributed by atoms with E-state index in [0.717, 1.165) is 5.57 Å². The summed E-state index contributed by atoms with van der Waals surface area (Å²) in [5.74, 6) is 1.10. The molecule has 1 atom stereocenters. The second-order valence-electron chi connectivity index (χ2n) is 3.61. The highest BCUT2D eigenvalue weighted by molar-refractivity contribution is 6.05. The highest BCUT2D eigenvalue weighted by atomic mass is 15.0. The molecule has 0 saturated heterocycles. The second-order valence-corrected chi connectivity index (χ2v) is 3.61. The molecule has 1 heterocycles. The van der Waals surface area contributed by atoms with E-state index < -0.39 is 0 Å². The van der Waals surface area contributed by atoms with E-state index in [1.807, 2.05) is 0 Å². The Kier molecular flexibility index (Phi) is 1.79. The summed E-state index contributed by atoms with van der Waals surface area (Å²) < 4.78 is 0. The van der Waals surface area contributed by atoms with Gasteiger partial charge in [-0.15, -0.1) is 0 Å². The number of hydrogen-bond acceptors (Lipinski definition) is 3. The van der Waals surface area contributed by atoms with Gasteiger partial charge in [0.2, 0.25) is 0 Å². The third kappa shape index (κ3) is 1.20. The first-order valence-corrected chi connectivity index (χ1v) is 4.47. The summed E-state index contributed by atoms with van der Waals surface area (Å²) in [4.78, 5) is 8.25. The lowest BCUT2D eigenvalue weighted by molar-refractivity contribution is 0.783. The highest BCUT2D eigenvalue weighted by Gasteiger charge is 2.25. The lowest BCUT2D eigenvalue weighted by atomic mass is 9.97. The van der Waals surface area contributed by atoms with Crippen LogP contribution in [0.3, 0.4) is 0 Å². The lowest BCUT2D eigenvalue weighted by Crippen LogP contribution is -2.25. The van der Waals surface area contributed by atoms with Gasteiger partial charge in [-0.3, -0.25) is 4.99 Å². The molecule has 68 valence electrons. The highest BCUT2D eigenvalue weighted by Crippen LogP contribution is 2.28. The minimum Gasteiger partial charge on any atom is -0.383 e. The molecule has 0 bridgehead atoms. The fourth-order valence-electron chi connectivity index (χ4n) is 1.72. The molecule has 1 aliphatic heterocycles. The SMILES string of the molecule is CC(C)C1=C2C(N)=NC=NC2C=C1. The van der Waals surface area contributed by atoms with Gasteiger partial charge in [0.05, 0.1) is 6.04 Å². The minimum atomic E-state index is 0.120. The number of allylic oxidation sites excluding steroid dienone is 2. The molecular formula is C10H13N3. The second kappa shape index (κ2) is 2.83. The molecule has 3 heteroatoms. The average molecular weight is 175 g/mol. The molecule has 0 radical (unpaired) electrons. The summed E-state index contributed by atoms with van der Waals surface area (Å²) >= 11 is 0. The van der Waals surface area contributed by atoms with Crippen molar-refractivity contribution in [1.29, 1.82) is 0 Å². The monoisotopic (exact) mass is 175 g/mol. The summed E-state index contributed by atoms with van der Waals surface area (Å²) in [6.07, 6.45) is 5.72. The van der Waals surface area contributed by atoms with Gasteiger partial charge in [0.25, 0.3) is 0 Å². The van der Waals surface area contributed by atoms with Crippen molar-refractivity contribution in [3.63, 3.8) is 0 Å². The minimum absolute atomic E-state index is 0.120. The van der Waals surface area contributed by atoms with E-state index in [9.17, 15) is 0 Å². The molecule has 0 aromatic carbocycles. The summed E-state index contributed by atoms with van der Waals surface area (Å²) in [5, 5.41) is 0. The predicted molar refractivity (Wildman–Crippen MR) is 54.9 cm³/mol. The van der Waals surface area contributed by atoms with Crippen LogP contribution in [0.5, 0.6) is 0 Å². The van der Waals surface area contributed by atoms with Crippen LogP contribution >= 0.6 is 0 Å². The van der Waals surface area contributed by atoms with Gasteiger partial charge >= 0.3 is 0 Å². The number of nitrogens with zero attached hydrogens (tertiary/aromatic N) is 2. The van der Waals surface area contributed by atoms with Crippen LogP contribution in [0.4, 0.5) is 0 Å². The Morgan fingerprint density at radius 3 is 2.92 bits per heavy atom. The standard InChI is InChI=1S/C10H13N3/c1-6(2)7-3-4-8-9(7)10(11)13-5-12-8/h3-6,8H,1-2H3,(H2,11,12,13). The maximum atomic E-state index is 5.81. The van der Waals surface area contributed by atoms with Crippen molar-refractivity contribution in [1.82, 2.24) is 0 Å². The van der Waals surface area contributed by atoms with E-state index in [-0.39, 0.29) is 6.04 Å². The van der Waals surface area contributed by atoms with E-state index in [2.05, 4.69) is 36.0 Å². The zero-order valence-corrected chi connectivity index (χ0v) is 7.86. The molecular weight excluding hydrogens is 162 g/mol. The quantitative estimate of drug-likeness (QED) is 0.641. The van der Waals surface area contributed by atoms with E-state index in [1.54, 1.807) is 0 Å². The van der Waals surface area contributed by atoms with Crippen LogP contribution in [0.2, 0.25) is 0 Å². The van der Waals surface area contributed by atoms with Crippen LogP contribution in [0.15, 0.2) is 33.3 Å². The number of nitrogens with two attached hydrogens (primary N) is 1. The number of hydrogen-bond donors (Lipinski definition) is 1. The van der Waals surface area contributed by atoms with Gasteiger partial charge in [0, 0.05) is 5.57 Å². The van der Waals surface area contributed by atoms with Crippen molar-refractivity contribution in [2.75, 3.05) is 0 Å². The van der Waals surface area contributed by atoms with E-state index in [4.69, 9.17) is 5.73 Å². The van der Waals surface area contributed by atoms with Crippen LogP contribution in [0.1, 0.15) is 13.8 Å². The molecule has 0 amide bonds. The number of rotatable bonds is 1. The molecule has 3 nitrogen and oxygen atoms in total. The van der Waals surface area contributed by atoms with Crippen LogP contribution in [-0.4, -0.2) is 18.2 Å². The Labute approximate surface area is 77.8 Å². The third-order valence-corrected chi connectivity index (χ3v) is 2.39. The molecule has 0 aromatic rings. The van der Waals surface area contributed by atoms with E-state index in [1.165, 1.54) is 11.9 Å². The summed E-state index contributed by atoms with van der Waals surface area (Å²) in [5.41, 5.74) is 8.17. The topological polar surface area (TPSA) is 50.7 Å². The van der Waals surface area contributed by atoms with Crippen molar-refractivity contribution >= 4 is 12.2 Å². The fourth-order valence-corrected chi connectivity index (χ4v) is 1.72. The molecule has 1 unspecified atom stereocenters. The van der Waals surface area contributed by atoms with Crippen LogP contribution in [-0.2, 0) is 0 Å². The zero-order valence-electron chi connectivity index (χ0n) is 7.86. The Balaban J connectivity index is 2.47. The Morgan fingerprint density at radius 2 is 2.23 bits per heavy atom. The Morgan fingerprint density at radius 1 is 1.46 bits per heavy atom. The first kappa shape index (κ1) is 8.23. The first-order chi connectivity index (χ1) is 6.20. The van der Waals surface area contributed by atoms with Crippen molar-refractivity contribution < 1.29 is 0 Å². The van der Waals surface area contributed by atoms with Crippen LogP contribution in [0, 0.1) is 5.92 Å². The molecule has 0 saturated carbocycles. The van der Waals surface area contributed by atoms with Gasteiger partial charge < -0.3 is 5.73 Å². The molecule has 1 aliphatic carbocycles. The first-order valence-electron chi connectivity index (χ1n) is 4.47. The number of fused-ring (bicyclic) bond motifs is 1. The molecule has 2 N–H and O–H groups in total. The Hall–Kier alpha value is -1.38. The molecule has 2 aliphatic rings. The predicted octanol–water partition coefficient (Wildman–Crippen LogP) is 1.28. The van der Waals surface area contributed by atoms with Gasteiger partial charge in [-0.1, -0.05) is 26.0 Å². The smallest absolute Gasteiger partial charge is 0.131 e. The van der Waals surface area contributed by atoms with Crippen LogP contribution in [0.25, 0.3) is 0 Å². The van der Waals surface area contributed by atoms with Crippen LogP contribution < -0.4 is 5.73 Å². The van der Waals surface area contributed by atoms with Crippen molar-refractivity contribution in [3.8, 4) is 0 Å². The third-order valence-electron chi connectivity index (χ3n) is 2.39. The average Bonchev–Trinajstić information content (AvgIpc) is 2.49. The van der Waals surface area contributed by atoms with E-state index >= 15 is 0 Å². The molecule has 13 heavy (non-hydrogen) atoms. The molecule has 0 fully saturated rings. The molecule has 2 rings (SSSR count). The van der Waals surface area contributed by atoms with Gasteiger partial charge in [0.15, 0.2) is 0 Å². The zero-order chi connectivity index (χ0) is 9.42. The van der Waals surface area contributed by atoms with Crippen molar-refractivity contribution in [2.24, 2.45) is 21.6 Å². The maximum Gasteiger partial charge on any atom is 0.131 e. The summed E-state index contributed by atoms with van der Waals surface area (Å²) in [6.45, 7) is 4.31. The number of aliphatic imine (C=N–C) groups is 2. The van der Waals surface area contributed by atoms with E-state index in [0.29, 0.717) is 11.8 Å². The molecule has 0 aromatic heterocycles. The van der Waals surface area contributed by atoms with Gasteiger partial charge in [-0.25, -0.2) is 4.99 Å². The normalized spacial score (nSPS) is 25.5. The molecule has 0 spiro atoms. The van der Waals surface area contributed by atoms with Crippen molar-refractivity contribution in [2.45, 2.75) is 19.9 Å². The van der Waals surface area contributed by atoms with Gasteiger partial charge in [-0.05, 0) is 11.5 Å². The summed E-state index contributed by atoms with van der Waals surface area (Å²) in [6, 6.07) is 0.120.